The molecule has 1 aromatic carbocycles. The summed E-state index contributed by atoms with van der Waals surface area (Å²) in [5.41, 5.74) is 6.71. The maximum absolute atomic E-state index is 12.2. The van der Waals surface area contributed by atoms with Crippen LogP contribution in [-0.2, 0) is 11.3 Å². The van der Waals surface area contributed by atoms with Crippen molar-refractivity contribution in [2.75, 3.05) is 26.2 Å². The normalized spacial score (nSPS) is 18.2. The van der Waals surface area contributed by atoms with Gasteiger partial charge in [-0.25, -0.2) is 4.79 Å². The van der Waals surface area contributed by atoms with Crippen molar-refractivity contribution in [3.63, 3.8) is 0 Å². The minimum atomic E-state index is -0.220. The van der Waals surface area contributed by atoms with Gasteiger partial charge in [0.05, 0.1) is 0 Å². The van der Waals surface area contributed by atoms with Crippen molar-refractivity contribution in [1.29, 1.82) is 0 Å². The number of carbonyl (C=O) groups excluding carboxylic acids is 1. The maximum Gasteiger partial charge on any atom is 0.410 e. The second-order valence-corrected chi connectivity index (χ2v) is 6.05. The van der Waals surface area contributed by atoms with Crippen molar-refractivity contribution < 1.29 is 9.53 Å². The van der Waals surface area contributed by atoms with Gasteiger partial charge in [-0.3, -0.25) is 4.90 Å². The molecule has 1 atom stereocenters. The van der Waals surface area contributed by atoms with Crippen LogP contribution >= 0.6 is 0 Å². The van der Waals surface area contributed by atoms with Gasteiger partial charge in [0.1, 0.15) is 6.61 Å². The van der Waals surface area contributed by atoms with Gasteiger partial charge in [-0.05, 0) is 25.8 Å². The van der Waals surface area contributed by atoms with E-state index in [0.717, 1.165) is 31.6 Å². The lowest BCUT2D eigenvalue weighted by atomic mass is 10.1. The lowest BCUT2D eigenvalue weighted by Crippen LogP contribution is -2.45. The third-order valence-corrected chi connectivity index (χ3v) is 4.15. The van der Waals surface area contributed by atoms with E-state index in [2.05, 4.69) is 18.7 Å². The Morgan fingerprint density at radius 3 is 2.77 bits per heavy atom. The van der Waals surface area contributed by atoms with Crippen LogP contribution in [0.5, 0.6) is 0 Å². The Bertz CT molecular complexity index is 464. The molecule has 1 unspecified atom stereocenters. The molecule has 1 aliphatic rings. The third-order valence-electron chi connectivity index (χ3n) is 4.15. The lowest BCUT2D eigenvalue weighted by Gasteiger charge is -2.32. The molecule has 0 saturated carbocycles. The third kappa shape index (κ3) is 4.45. The van der Waals surface area contributed by atoms with Crippen molar-refractivity contribution >= 4 is 6.09 Å². The molecule has 0 aromatic heterocycles. The van der Waals surface area contributed by atoms with Crippen LogP contribution in [0, 0.1) is 0 Å². The van der Waals surface area contributed by atoms with Gasteiger partial charge in [-0.1, -0.05) is 30.3 Å². The molecule has 5 heteroatoms. The van der Waals surface area contributed by atoms with E-state index >= 15 is 0 Å². The summed E-state index contributed by atoms with van der Waals surface area (Å²) in [4.78, 5) is 16.4. The summed E-state index contributed by atoms with van der Waals surface area (Å²) >= 11 is 0. The molecule has 5 nitrogen and oxygen atoms in total. The molecule has 0 aliphatic carbocycles. The quantitative estimate of drug-likeness (QED) is 0.874. The van der Waals surface area contributed by atoms with Gasteiger partial charge in [0.25, 0.3) is 0 Å². The summed E-state index contributed by atoms with van der Waals surface area (Å²) < 4.78 is 5.40. The number of hydrogen-bond donors (Lipinski definition) is 1. The standard InChI is InChI=1S/C17H27N3O2/c1-14(2)20(11-9-18)16-8-10-19(12-16)17(21)22-13-15-6-4-3-5-7-15/h3-7,14,16H,8-13,18H2,1-2H3. The molecule has 1 heterocycles. The predicted octanol–water partition coefficient (Wildman–Crippen LogP) is 2.07. The Balaban J connectivity index is 1.82. The van der Waals surface area contributed by atoms with Gasteiger partial charge in [0.15, 0.2) is 0 Å². The Kier molecular flexibility index (Phi) is 6.21. The summed E-state index contributed by atoms with van der Waals surface area (Å²) in [6, 6.07) is 10.6. The summed E-state index contributed by atoms with van der Waals surface area (Å²) in [5.74, 6) is 0. The molecular formula is C17H27N3O2. The number of nitrogens with zero attached hydrogens (tertiary/aromatic N) is 2. The van der Waals surface area contributed by atoms with Crippen molar-refractivity contribution in [2.45, 2.75) is 39.0 Å². The average molecular weight is 305 g/mol. The van der Waals surface area contributed by atoms with Crippen LogP contribution in [0.15, 0.2) is 30.3 Å². The maximum atomic E-state index is 12.2. The first-order chi connectivity index (χ1) is 10.6. The van der Waals surface area contributed by atoms with Gasteiger partial charge in [0, 0.05) is 38.3 Å². The topological polar surface area (TPSA) is 58.8 Å². The van der Waals surface area contributed by atoms with E-state index < -0.39 is 0 Å². The number of likely N-dealkylation sites (tertiary alicyclic amines) is 1. The molecule has 1 aliphatic heterocycles. The Hall–Kier alpha value is -1.59. The van der Waals surface area contributed by atoms with Crippen molar-refractivity contribution in [3.8, 4) is 0 Å². The zero-order valence-electron chi connectivity index (χ0n) is 13.6. The second-order valence-electron chi connectivity index (χ2n) is 6.05. The van der Waals surface area contributed by atoms with E-state index in [-0.39, 0.29) is 6.09 Å². The highest BCUT2D eigenvalue weighted by molar-refractivity contribution is 5.68. The summed E-state index contributed by atoms with van der Waals surface area (Å²) in [7, 11) is 0. The Morgan fingerprint density at radius 1 is 1.41 bits per heavy atom. The van der Waals surface area contributed by atoms with Crippen molar-refractivity contribution in [2.24, 2.45) is 5.73 Å². The van der Waals surface area contributed by atoms with E-state index in [0.29, 0.717) is 25.2 Å². The van der Waals surface area contributed by atoms with Crippen LogP contribution in [0.3, 0.4) is 0 Å². The minimum absolute atomic E-state index is 0.220. The molecule has 122 valence electrons. The fourth-order valence-corrected chi connectivity index (χ4v) is 3.00. The first kappa shape index (κ1) is 16.8. The van der Waals surface area contributed by atoms with Crippen LogP contribution < -0.4 is 5.73 Å². The summed E-state index contributed by atoms with van der Waals surface area (Å²) in [6.07, 6.45) is 0.765. The van der Waals surface area contributed by atoms with E-state index in [9.17, 15) is 4.79 Å². The van der Waals surface area contributed by atoms with Crippen LogP contribution in [0.2, 0.25) is 0 Å². The zero-order chi connectivity index (χ0) is 15.9. The monoisotopic (exact) mass is 305 g/mol. The van der Waals surface area contributed by atoms with Gasteiger partial charge in [-0.2, -0.15) is 0 Å². The van der Waals surface area contributed by atoms with Gasteiger partial charge in [0.2, 0.25) is 0 Å². The van der Waals surface area contributed by atoms with Gasteiger partial charge >= 0.3 is 6.09 Å². The van der Waals surface area contributed by atoms with E-state index in [1.165, 1.54) is 0 Å². The molecule has 0 spiro atoms. The van der Waals surface area contributed by atoms with Gasteiger partial charge in [-0.15, -0.1) is 0 Å². The second kappa shape index (κ2) is 8.15. The minimum Gasteiger partial charge on any atom is -0.445 e. The number of rotatable bonds is 6. The van der Waals surface area contributed by atoms with Crippen LogP contribution in [0.25, 0.3) is 0 Å². The molecular weight excluding hydrogens is 278 g/mol. The fourth-order valence-electron chi connectivity index (χ4n) is 3.00. The number of hydrogen-bond acceptors (Lipinski definition) is 4. The first-order valence-corrected chi connectivity index (χ1v) is 8.03. The highest BCUT2D eigenvalue weighted by atomic mass is 16.6. The molecule has 2 N–H and O–H groups in total. The SMILES string of the molecule is CC(C)N(CCN)C1CCN(C(=O)OCc2ccccc2)C1. The molecule has 22 heavy (non-hydrogen) atoms. The largest absolute Gasteiger partial charge is 0.445 e. The summed E-state index contributed by atoms with van der Waals surface area (Å²) in [5, 5.41) is 0. The number of carbonyl (C=O) groups is 1. The predicted molar refractivity (Wildman–Crippen MR) is 87.5 cm³/mol. The number of amides is 1. The molecule has 0 radical (unpaired) electrons. The average Bonchev–Trinajstić information content (AvgIpc) is 3.00. The fraction of sp³-hybridized carbons (Fsp3) is 0.588. The number of nitrogens with two attached hydrogens (primary N) is 1. The van der Waals surface area contributed by atoms with Crippen molar-refractivity contribution in [1.82, 2.24) is 9.80 Å². The summed E-state index contributed by atoms with van der Waals surface area (Å²) in [6.45, 7) is 7.68. The van der Waals surface area contributed by atoms with E-state index in [1.807, 2.05) is 30.3 Å². The molecule has 2 rings (SSSR count). The smallest absolute Gasteiger partial charge is 0.410 e. The number of benzene rings is 1. The van der Waals surface area contributed by atoms with Crippen LogP contribution in [-0.4, -0.2) is 54.2 Å². The highest BCUT2D eigenvalue weighted by Gasteiger charge is 2.31. The molecule has 1 amide bonds. The first-order valence-electron chi connectivity index (χ1n) is 8.03. The van der Waals surface area contributed by atoms with E-state index in [4.69, 9.17) is 10.5 Å². The lowest BCUT2D eigenvalue weighted by molar-refractivity contribution is 0.0976. The molecule has 1 saturated heterocycles. The number of ether oxygens (including phenoxy) is 1. The molecule has 1 fully saturated rings. The molecule has 1 aromatic rings. The Morgan fingerprint density at radius 2 is 2.14 bits per heavy atom. The van der Waals surface area contributed by atoms with E-state index in [1.54, 1.807) is 4.90 Å². The van der Waals surface area contributed by atoms with Crippen LogP contribution in [0.1, 0.15) is 25.8 Å². The van der Waals surface area contributed by atoms with Crippen molar-refractivity contribution in [3.05, 3.63) is 35.9 Å². The zero-order valence-corrected chi connectivity index (χ0v) is 13.6. The van der Waals surface area contributed by atoms with Crippen LogP contribution in [0.4, 0.5) is 4.79 Å². The molecule has 0 bridgehead atoms. The highest BCUT2D eigenvalue weighted by Crippen LogP contribution is 2.18. The van der Waals surface area contributed by atoms with Gasteiger partial charge < -0.3 is 15.4 Å². The Labute approximate surface area is 133 Å².